The third-order valence-corrected chi connectivity index (χ3v) is 1.06. The molecule has 0 heterocycles. The van der Waals surface area contributed by atoms with Gasteiger partial charge in [0.25, 0.3) is 0 Å². The predicted molar refractivity (Wildman–Crippen MR) is 27.4 cm³/mol. The molecule has 0 saturated heterocycles. The van der Waals surface area contributed by atoms with Gasteiger partial charge in [0.05, 0.1) is 0 Å². The number of hydrogen-bond donors (Lipinski definition) is 2. The summed E-state index contributed by atoms with van der Waals surface area (Å²) in [7, 11) is 0. The lowest BCUT2D eigenvalue weighted by Gasteiger charge is -2.14. The van der Waals surface area contributed by atoms with Crippen LogP contribution in [0.15, 0.2) is 12.2 Å². The van der Waals surface area contributed by atoms with E-state index in [-0.39, 0.29) is 5.92 Å². The van der Waals surface area contributed by atoms with Gasteiger partial charge >= 0.3 is 0 Å². The van der Waals surface area contributed by atoms with Gasteiger partial charge in [0.2, 0.25) is 0 Å². The highest BCUT2D eigenvalue weighted by Crippen LogP contribution is 2.24. The van der Waals surface area contributed by atoms with Crippen LogP contribution in [0.1, 0.15) is 6.92 Å². The van der Waals surface area contributed by atoms with Gasteiger partial charge in [0.1, 0.15) is 5.72 Å². The highest BCUT2D eigenvalue weighted by Gasteiger charge is 2.29. The van der Waals surface area contributed by atoms with Crippen LogP contribution >= 0.6 is 0 Å². The standard InChI is InChI=1S/C5H9NO/c1-5(6,7)4-2-3-4/h2-4,7H,6H2,1H3. The third-order valence-electron chi connectivity index (χ3n) is 1.06. The fourth-order valence-corrected chi connectivity index (χ4v) is 0.445. The van der Waals surface area contributed by atoms with Gasteiger partial charge in [-0.2, -0.15) is 0 Å². The van der Waals surface area contributed by atoms with Crippen molar-refractivity contribution in [1.29, 1.82) is 0 Å². The van der Waals surface area contributed by atoms with E-state index in [9.17, 15) is 0 Å². The van der Waals surface area contributed by atoms with Crippen LogP contribution in [-0.2, 0) is 0 Å². The summed E-state index contributed by atoms with van der Waals surface area (Å²) in [6.45, 7) is 1.59. The van der Waals surface area contributed by atoms with Crippen LogP contribution in [0.4, 0.5) is 0 Å². The lowest BCUT2D eigenvalue weighted by molar-refractivity contribution is 0.0523. The summed E-state index contributed by atoms with van der Waals surface area (Å²) in [5.41, 5.74) is 4.23. The monoisotopic (exact) mass is 99.1 g/mol. The molecular weight excluding hydrogens is 90.1 g/mol. The second-order valence-electron chi connectivity index (χ2n) is 2.14. The molecule has 0 aromatic rings. The molecule has 40 valence electrons. The zero-order chi connectivity index (χ0) is 5.49. The van der Waals surface area contributed by atoms with E-state index in [1.807, 2.05) is 12.2 Å². The lowest BCUT2D eigenvalue weighted by atomic mass is 10.1. The van der Waals surface area contributed by atoms with Crippen LogP contribution in [0.5, 0.6) is 0 Å². The summed E-state index contributed by atoms with van der Waals surface area (Å²) in [6.07, 6.45) is 3.75. The van der Waals surface area contributed by atoms with Gasteiger partial charge in [-0.3, -0.25) is 0 Å². The maximum Gasteiger partial charge on any atom is 0.120 e. The fraction of sp³-hybridized carbons (Fsp3) is 0.600. The quantitative estimate of drug-likeness (QED) is 0.354. The molecule has 0 fully saturated rings. The summed E-state index contributed by atoms with van der Waals surface area (Å²) in [5, 5.41) is 8.87. The van der Waals surface area contributed by atoms with Gasteiger partial charge < -0.3 is 10.8 Å². The Hall–Kier alpha value is -0.340. The summed E-state index contributed by atoms with van der Waals surface area (Å²) in [4.78, 5) is 0. The molecule has 0 radical (unpaired) electrons. The fourth-order valence-electron chi connectivity index (χ4n) is 0.445. The van der Waals surface area contributed by atoms with Gasteiger partial charge in [0.15, 0.2) is 0 Å². The van der Waals surface area contributed by atoms with Crippen LogP contribution < -0.4 is 5.73 Å². The second-order valence-corrected chi connectivity index (χ2v) is 2.14. The van der Waals surface area contributed by atoms with Gasteiger partial charge in [-0.05, 0) is 6.92 Å². The Kier molecular flexibility index (Phi) is 0.743. The van der Waals surface area contributed by atoms with Gasteiger partial charge in [-0.1, -0.05) is 12.2 Å². The van der Waals surface area contributed by atoms with Crippen molar-refractivity contribution in [3.8, 4) is 0 Å². The van der Waals surface area contributed by atoms with E-state index in [1.165, 1.54) is 0 Å². The first-order valence-electron chi connectivity index (χ1n) is 2.30. The SMILES string of the molecule is CC(N)(O)C1C=C1. The molecule has 2 nitrogen and oxygen atoms in total. The number of nitrogens with two attached hydrogens (primary N) is 1. The van der Waals surface area contributed by atoms with E-state index >= 15 is 0 Å². The average molecular weight is 99.1 g/mol. The largest absolute Gasteiger partial charge is 0.375 e. The second kappa shape index (κ2) is 1.08. The lowest BCUT2D eigenvalue weighted by Crippen LogP contribution is -2.38. The van der Waals surface area contributed by atoms with Crippen LogP contribution in [0, 0.1) is 5.92 Å². The molecule has 0 amide bonds. The molecule has 0 spiro atoms. The molecule has 1 rings (SSSR count). The molecule has 0 bridgehead atoms. The minimum Gasteiger partial charge on any atom is -0.375 e. The molecule has 7 heavy (non-hydrogen) atoms. The van der Waals surface area contributed by atoms with E-state index in [0.717, 1.165) is 0 Å². The molecule has 2 heteroatoms. The Balaban J connectivity index is 2.38. The van der Waals surface area contributed by atoms with Crippen LogP contribution in [0.2, 0.25) is 0 Å². The van der Waals surface area contributed by atoms with Crippen molar-refractivity contribution in [2.24, 2.45) is 11.7 Å². The molecule has 0 aromatic heterocycles. The summed E-state index contributed by atoms with van der Waals surface area (Å²) in [5.74, 6) is 0.132. The zero-order valence-corrected chi connectivity index (χ0v) is 4.26. The summed E-state index contributed by atoms with van der Waals surface area (Å²) >= 11 is 0. The predicted octanol–water partition coefficient (Wildman–Crippen LogP) is -0.160. The van der Waals surface area contributed by atoms with Gasteiger partial charge in [-0.25, -0.2) is 0 Å². The van der Waals surface area contributed by atoms with Crippen molar-refractivity contribution >= 4 is 0 Å². The van der Waals surface area contributed by atoms with E-state index in [4.69, 9.17) is 10.8 Å². The normalized spacial score (nSPS) is 27.3. The van der Waals surface area contributed by atoms with Crippen LogP contribution in [0.3, 0.4) is 0 Å². The Morgan fingerprint density at radius 2 is 2.14 bits per heavy atom. The number of hydrogen-bond acceptors (Lipinski definition) is 2. The van der Waals surface area contributed by atoms with Crippen LogP contribution in [0.25, 0.3) is 0 Å². The highest BCUT2D eigenvalue weighted by atomic mass is 16.3. The number of aliphatic hydroxyl groups is 1. The van der Waals surface area contributed by atoms with Crippen molar-refractivity contribution in [2.75, 3.05) is 0 Å². The molecule has 1 aliphatic carbocycles. The first-order valence-corrected chi connectivity index (χ1v) is 2.30. The van der Waals surface area contributed by atoms with Crippen LogP contribution in [-0.4, -0.2) is 10.8 Å². The van der Waals surface area contributed by atoms with E-state index in [0.29, 0.717) is 0 Å². The highest BCUT2D eigenvalue weighted by molar-refractivity contribution is 5.18. The third kappa shape index (κ3) is 1.01. The molecule has 1 aliphatic rings. The maximum absolute atomic E-state index is 8.87. The molecule has 0 aliphatic heterocycles. The minimum absolute atomic E-state index is 0.132. The Morgan fingerprint density at radius 3 is 2.14 bits per heavy atom. The first kappa shape index (κ1) is 4.81. The average Bonchev–Trinajstić information content (AvgIpc) is 1.99. The molecule has 1 atom stereocenters. The van der Waals surface area contributed by atoms with Gasteiger partial charge in [-0.15, -0.1) is 0 Å². The summed E-state index contributed by atoms with van der Waals surface area (Å²) < 4.78 is 0. The first-order chi connectivity index (χ1) is 3.11. The van der Waals surface area contributed by atoms with Crippen molar-refractivity contribution in [1.82, 2.24) is 0 Å². The summed E-state index contributed by atoms with van der Waals surface area (Å²) in [6, 6.07) is 0. The van der Waals surface area contributed by atoms with Crippen molar-refractivity contribution < 1.29 is 5.11 Å². The van der Waals surface area contributed by atoms with Gasteiger partial charge in [0, 0.05) is 5.92 Å². The molecule has 0 aromatic carbocycles. The van der Waals surface area contributed by atoms with Crippen molar-refractivity contribution in [2.45, 2.75) is 12.6 Å². The van der Waals surface area contributed by atoms with Crippen molar-refractivity contribution in [3.05, 3.63) is 12.2 Å². The smallest absolute Gasteiger partial charge is 0.120 e. The topological polar surface area (TPSA) is 46.2 Å². The molecular formula is C5H9NO. The maximum atomic E-state index is 8.87. The van der Waals surface area contributed by atoms with Crippen molar-refractivity contribution in [3.63, 3.8) is 0 Å². The Morgan fingerprint density at radius 1 is 1.71 bits per heavy atom. The Bertz CT molecular complexity index is 95.1. The molecule has 3 N–H and O–H groups in total. The molecule has 0 saturated carbocycles. The zero-order valence-electron chi connectivity index (χ0n) is 4.26. The van der Waals surface area contributed by atoms with E-state index in [2.05, 4.69) is 0 Å². The minimum atomic E-state index is -1.00. The number of rotatable bonds is 1. The molecule has 1 unspecified atom stereocenters. The Labute approximate surface area is 42.6 Å². The van der Waals surface area contributed by atoms with E-state index in [1.54, 1.807) is 6.92 Å². The van der Waals surface area contributed by atoms with E-state index < -0.39 is 5.72 Å².